The predicted octanol–water partition coefficient (Wildman–Crippen LogP) is 5.61. The first-order valence-corrected chi connectivity index (χ1v) is 8.72. The molecule has 0 fully saturated rings. The topological polar surface area (TPSA) is 17.1 Å². The largest absolute Gasteiger partial charge is 0.292 e. The summed E-state index contributed by atoms with van der Waals surface area (Å²) in [4.78, 5) is 14.0. The Morgan fingerprint density at radius 1 is 1.26 bits per heavy atom. The van der Waals surface area contributed by atoms with Crippen LogP contribution in [0.3, 0.4) is 0 Å². The molecule has 1 aromatic heterocycles. The zero-order valence-electron chi connectivity index (χ0n) is 10.9. The number of hydrogen-bond donors (Lipinski definition) is 0. The zero-order valence-corrected chi connectivity index (χ0v) is 14.1. The van der Waals surface area contributed by atoms with Gasteiger partial charge in [-0.05, 0) is 51.0 Å². The maximum absolute atomic E-state index is 12.0. The molecule has 0 N–H and O–H groups in total. The van der Waals surface area contributed by atoms with Crippen molar-refractivity contribution < 1.29 is 4.79 Å². The molecule has 0 unspecified atom stereocenters. The number of hydrogen-bond acceptors (Lipinski definition) is 3. The maximum Gasteiger partial charge on any atom is 0.184 e. The number of carbonyl (C=O) groups excluding carboxylic acids is 1. The van der Waals surface area contributed by atoms with Crippen LogP contribution >= 0.6 is 39.0 Å². The average molecular weight is 355 g/mol. The fourth-order valence-electron chi connectivity index (χ4n) is 1.66. The van der Waals surface area contributed by atoms with Gasteiger partial charge in [0, 0.05) is 9.37 Å². The van der Waals surface area contributed by atoms with E-state index < -0.39 is 0 Å². The van der Waals surface area contributed by atoms with Crippen LogP contribution in [0.5, 0.6) is 0 Å². The second kappa shape index (κ2) is 6.73. The van der Waals surface area contributed by atoms with Gasteiger partial charge in [0.15, 0.2) is 5.78 Å². The molecule has 0 aliphatic rings. The van der Waals surface area contributed by atoms with Gasteiger partial charge in [-0.2, -0.15) is 0 Å². The summed E-state index contributed by atoms with van der Waals surface area (Å²) in [6.45, 7) is 4.36. The number of carbonyl (C=O) groups is 1. The molecule has 0 radical (unpaired) electrons. The van der Waals surface area contributed by atoms with E-state index in [4.69, 9.17) is 0 Å². The minimum Gasteiger partial charge on any atom is -0.292 e. The van der Waals surface area contributed by atoms with Crippen LogP contribution in [0.25, 0.3) is 0 Å². The van der Waals surface area contributed by atoms with Gasteiger partial charge in [0.25, 0.3) is 0 Å². The maximum atomic E-state index is 12.0. The molecule has 19 heavy (non-hydrogen) atoms. The fourth-order valence-corrected chi connectivity index (χ4v) is 4.05. The van der Waals surface area contributed by atoms with Gasteiger partial charge in [0.1, 0.15) is 0 Å². The van der Waals surface area contributed by atoms with E-state index in [0.29, 0.717) is 11.7 Å². The third-order valence-electron chi connectivity index (χ3n) is 2.79. The summed E-state index contributed by atoms with van der Waals surface area (Å²) in [5, 5.41) is 1.93. The summed E-state index contributed by atoms with van der Waals surface area (Å²) in [5.41, 5.74) is 1.33. The van der Waals surface area contributed by atoms with Gasteiger partial charge in [-0.1, -0.05) is 26.0 Å². The van der Waals surface area contributed by atoms with Crippen molar-refractivity contribution >= 4 is 44.8 Å². The van der Waals surface area contributed by atoms with Gasteiger partial charge < -0.3 is 0 Å². The Balaban J connectivity index is 1.95. The summed E-state index contributed by atoms with van der Waals surface area (Å²) in [7, 11) is 0. The first-order valence-electron chi connectivity index (χ1n) is 6.07. The lowest BCUT2D eigenvalue weighted by Gasteiger charge is -2.06. The van der Waals surface area contributed by atoms with Crippen molar-refractivity contribution in [2.45, 2.75) is 24.7 Å². The van der Waals surface area contributed by atoms with Gasteiger partial charge in [-0.15, -0.1) is 23.1 Å². The minimum atomic E-state index is 0.180. The third-order valence-corrected chi connectivity index (χ3v) is 5.68. The SMILES string of the molecule is CC(C)c1ccc(SCC(=O)c2sccc2Br)cc1. The molecule has 1 heterocycles. The number of thiophene rings is 1. The number of Topliss-reactive ketones (excluding diaryl/α,β-unsaturated/α-hetero) is 1. The monoisotopic (exact) mass is 354 g/mol. The molecule has 0 amide bonds. The summed E-state index contributed by atoms with van der Waals surface area (Å²) in [5.74, 6) is 1.21. The lowest BCUT2D eigenvalue weighted by molar-refractivity contribution is 0.102. The molecular weight excluding hydrogens is 340 g/mol. The van der Waals surface area contributed by atoms with Crippen LogP contribution in [0.2, 0.25) is 0 Å². The Morgan fingerprint density at radius 2 is 1.95 bits per heavy atom. The minimum absolute atomic E-state index is 0.180. The highest BCUT2D eigenvalue weighted by molar-refractivity contribution is 9.10. The second-order valence-corrected chi connectivity index (χ2v) is 7.35. The Kier molecular flexibility index (Phi) is 5.25. The van der Waals surface area contributed by atoms with Crippen LogP contribution in [0.1, 0.15) is 35.0 Å². The van der Waals surface area contributed by atoms with E-state index in [2.05, 4.69) is 54.0 Å². The van der Waals surface area contributed by atoms with Gasteiger partial charge >= 0.3 is 0 Å². The van der Waals surface area contributed by atoms with Gasteiger partial charge in [0.2, 0.25) is 0 Å². The van der Waals surface area contributed by atoms with E-state index in [1.807, 2.05) is 11.4 Å². The molecular formula is C15H15BrOS2. The normalized spacial score (nSPS) is 10.9. The van der Waals surface area contributed by atoms with E-state index in [9.17, 15) is 4.79 Å². The smallest absolute Gasteiger partial charge is 0.184 e. The average Bonchev–Trinajstić information content (AvgIpc) is 2.83. The molecule has 0 bridgehead atoms. The Morgan fingerprint density at radius 3 is 2.47 bits per heavy atom. The highest BCUT2D eigenvalue weighted by Gasteiger charge is 2.11. The summed E-state index contributed by atoms with van der Waals surface area (Å²) in [6, 6.07) is 10.4. The number of ketones is 1. The molecule has 100 valence electrons. The van der Waals surface area contributed by atoms with Crippen molar-refractivity contribution in [1.29, 1.82) is 0 Å². The van der Waals surface area contributed by atoms with Crippen LogP contribution < -0.4 is 0 Å². The summed E-state index contributed by atoms with van der Waals surface area (Å²) in [6.07, 6.45) is 0. The number of rotatable bonds is 5. The summed E-state index contributed by atoms with van der Waals surface area (Å²) >= 11 is 6.48. The van der Waals surface area contributed by atoms with Crippen molar-refractivity contribution in [2.24, 2.45) is 0 Å². The molecule has 0 aliphatic carbocycles. The van der Waals surface area contributed by atoms with E-state index in [1.165, 1.54) is 16.9 Å². The van der Waals surface area contributed by atoms with Crippen LogP contribution in [-0.2, 0) is 0 Å². The first-order chi connectivity index (χ1) is 9.08. The van der Waals surface area contributed by atoms with Crippen molar-refractivity contribution in [3.05, 3.63) is 50.6 Å². The molecule has 1 nitrogen and oxygen atoms in total. The summed E-state index contributed by atoms with van der Waals surface area (Å²) < 4.78 is 0.901. The van der Waals surface area contributed by atoms with E-state index in [-0.39, 0.29) is 5.78 Å². The number of benzene rings is 1. The van der Waals surface area contributed by atoms with Crippen LogP contribution in [-0.4, -0.2) is 11.5 Å². The van der Waals surface area contributed by atoms with Gasteiger partial charge in [-0.3, -0.25) is 4.79 Å². The number of thioether (sulfide) groups is 1. The van der Waals surface area contributed by atoms with E-state index in [1.54, 1.807) is 11.8 Å². The standard InChI is InChI=1S/C15H15BrOS2/c1-10(2)11-3-5-12(6-4-11)19-9-14(17)15-13(16)7-8-18-15/h3-8,10H,9H2,1-2H3. The molecule has 2 rings (SSSR count). The molecule has 0 atom stereocenters. The van der Waals surface area contributed by atoms with Crippen LogP contribution in [0, 0.1) is 0 Å². The lowest BCUT2D eigenvalue weighted by atomic mass is 10.0. The van der Waals surface area contributed by atoms with Gasteiger partial charge in [-0.25, -0.2) is 0 Å². The highest BCUT2D eigenvalue weighted by Crippen LogP contribution is 2.27. The quantitative estimate of drug-likeness (QED) is 0.512. The Labute approximate surface area is 130 Å². The van der Waals surface area contributed by atoms with Gasteiger partial charge in [0.05, 0.1) is 10.6 Å². The highest BCUT2D eigenvalue weighted by atomic mass is 79.9. The van der Waals surface area contributed by atoms with E-state index in [0.717, 1.165) is 14.2 Å². The molecule has 0 spiro atoms. The number of halogens is 1. The second-order valence-electron chi connectivity index (χ2n) is 4.53. The molecule has 1 aromatic carbocycles. The zero-order chi connectivity index (χ0) is 13.8. The van der Waals surface area contributed by atoms with Crippen LogP contribution in [0.15, 0.2) is 45.1 Å². The molecule has 0 saturated heterocycles. The molecule has 4 heteroatoms. The van der Waals surface area contributed by atoms with E-state index >= 15 is 0 Å². The molecule has 2 aromatic rings. The lowest BCUT2D eigenvalue weighted by Crippen LogP contribution is -2.00. The molecule has 0 saturated carbocycles. The predicted molar refractivity (Wildman–Crippen MR) is 87.6 cm³/mol. The first kappa shape index (κ1) is 14.8. The van der Waals surface area contributed by atoms with Crippen molar-refractivity contribution in [3.8, 4) is 0 Å². The molecule has 0 aliphatic heterocycles. The van der Waals surface area contributed by atoms with Crippen molar-refractivity contribution in [1.82, 2.24) is 0 Å². The van der Waals surface area contributed by atoms with Crippen molar-refractivity contribution in [3.63, 3.8) is 0 Å². The Hall–Kier alpha value is -0.580. The fraction of sp³-hybridized carbons (Fsp3) is 0.267. The van der Waals surface area contributed by atoms with Crippen molar-refractivity contribution in [2.75, 3.05) is 5.75 Å². The third kappa shape index (κ3) is 3.94. The Bertz CT molecular complexity index is 558. The van der Waals surface area contributed by atoms with Crippen LogP contribution in [0.4, 0.5) is 0 Å².